The number of nitrogens with one attached hydrogen (secondary N) is 1. The molecule has 0 spiro atoms. The van der Waals surface area contributed by atoms with Crippen molar-refractivity contribution in [3.05, 3.63) is 65.2 Å². The van der Waals surface area contributed by atoms with Gasteiger partial charge < -0.3 is 20.2 Å². The van der Waals surface area contributed by atoms with Crippen molar-refractivity contribution in [2.24, 2.45) is 0 Å². The zero-order valence-corrected chi connectivity index (χ0v) is 19.2. The highest BCUT2D eigenvalue weighted by Crippen LogP contribution is 2.31. The molecule has 0 atom stereocenters. The number of pyridine rings is 1. The molecule has 0 bridgehead atoms. The molecule has 1 aliphatic rings. The van der Waals surface area contributed by atoms with Gasteiger partial charge in [-0.1, -0.05) is 48.0 Å². The standard InChI is InChI=1S/C25H29ClN4O2/c1-29(2)23-15-24(28-22-10-6-4-8-20(22)23)27-18-11-13-19(14-12-18)30(25(31)32)16-17-7-3-5-9-21(17)26/h3-10,15,18-19H,11-14,16H2,1-2H3,(H,27,28)(H,31,32)/t18-,19+. The smallest absolute Gasteiger partial charge is 0.407 e. The summed E-state index contributed by atoms with van der Waals surface area (Å²) in [4.78, 5) is 20.4. The highest BCUT2D eigenvalue weighted by Gasteiger charge is 2.29. The molecule has 32 heavy (non-hydrogen) atoms. The number of halogens is 1. The molecular formula is C25H29ClN4O2. The summed E-state index contributed by atoms with van der Waals surface area (Å²) < 4.78 is 0. The van der Waals surface area contributed by atoms with Crippen LogP contribution in [-0.4, -0.2) is 47.3 Å². The molecule has 1 saturated carbocycles. The number of aromatic nitrogens is 1. The first-order chi connectivity index (χ1) is 15.4. The van der Waals surface area contributed by atoms with Gasteiger partial charge in [-0.15, -0.1) is 0 Å². The fourth-order valence-electron chi connectivity index (χ4n) is 4.50. The van der Waals surface area contributed by atoms with Crippen molar-refractivity contribution in [1.29, 1.82) is 0 Å². The van der Waals surface area contributed by atoms with Gasteiger partial charge >= 0.3 is 6.09 Å². The minimum Gasteiger partial charge on any atom is -0.465 e. The summed E-state index contributed by atoms with van der Waals surface area (Å²) in [5.74, 6) is 0.863. The molecule has 1 aliphatic carbocycles. The van der Waals surface area contributed by atoms with Gasteiger partial charge in [0.15, 0.2) is 0 Å². The number of carbonyl (C=O) groups is 1. The van der Waals surface area contributed by atoms with Crippen LogP contribution in [-0.2, 0) is 6.54 Å². The minimum atomic E-state index is -0.895. The van der Waals surface area contributed by atoms with Gasteiger partial charge in [-0.3, -0.25) is 0 Å². The van der Waals surface area contributed by atoms with Crippen LogP contribution in [0.4, 0.5) is 16.3 Å². The quantitative estimate of drug-likeness (QED) is 0.490. The fraction of sp³-hybridized carbons (Fsp3) is 0.360. The molecule has 1 fully saturated rings. The normalized spacial score (nSPS) is 18.3. The Morgan fingerprint density at radius 1 is 1.09 bits per heavy atom. The maximum Gasteiger partial charge on any atom is 0.407 e. The lowest BCUT2D eigenvalue weighted by atomic mass is 9.90. The Hall–Kier alpha value is -2.99. The van der Waals surface area contributed by atoms with E-state index in [0.717, 1.165) is 53.7 Å². The number of rotatable bonds is 6. The van der Waals surface area contributed by atoms with Crippen molar-refractivity contribution in [1.82, 2.24) is 9.88 Å². The van der Waals surface area contributed by atoms with Crippen LogP contribution in [0.3, 0.4) is 0 Å². The Bertz CT molecular complexity index is 1100. The van der Waals surface area contributed by atoms with Crippen molar-refractivity contribution in [2.45, 2.75) is 44.3 Å². The summed E-state index contributed by atoms with van der Waals surface area (Å²) in [5.41, 5.74) is 2.93. The third-order valence-corrected chi connectivity index (χ3v) is 6.58. The molecular weight excluding hydrogens is 424 g/mol. The average molecular weight is 453 g/mol. The Morgan fingerprint density at radius 3 is 2.47 bits per heavy atom. The monoisotopic (exact) mass is 452 g/mol. The predicted octanol–water partition coefficient (Wildman–Crippen LogP) is 5.86. The van der Waals surface area contributed by atoms with Crippen LogP contribution in [0.25, 0.3) is 10.9 Å². The van der Waals surface area contributed by atoms with E-state index in [1.54, 1.807) is 6.07 Å². The lowest BCUT2D eigenvalue weighted by Crippen LogP contribution is -2.43. The van der Waals surface area contributed by atoms with Gasteiger partial charge in [0.2, 0.25) is 0 Å². The van der Waals surface area contributed by atoms with Gasteiger partial charge in [-0.2, -0.15) is 0 Å². The zero-order chi connectivity index (χ0) is 22.7. The molecule has 0 saturated heterocycles. The first-order valence-electron chi connectivity index (χ1n) is 11.0. The third-order valence-electron chi connectivity index (χ3n) is 6.21. The summed E-state index contributed by atoms with van der Waals surface area (Å²) in [7, 11) is 4.08. The second-order valence-electron chi connectivity index (χ2n) is 8.59. The van der Waals surface area contributed by atoms with Crippen molar-refractivity contribution in [2.75, 3.05) is 24.3 Å². The van der Waals surface area contributed by atoms with Crippen molar-refractivity contribution in [3.63, 3.8) is 0 Å². The Labute approximate surface area is 193 Å². The van der Waals surface area contributed by atoms with Gasteiger partial charge in [0.1, 0.15) is 5.82 Å². The molecule has 0 unspecified atom stereocenters. The first kappa shape index (κ1) is 22.2. The molecule has 3 aromatic rings. The molecule has 6 nitrogen and oxygen atoms in total. The molecule has 2 aromatic carbocycles. The Kier molecular flexibility index (Phi) is 6.70. The van der Waals surface area contributed by atoms with Gasteiger partial charge in [0, 0.05) is 48.3 Å². The van der Waals surface area contributed by atoms with E-state index in [9.17, 15) is 9.90 Å². The number of amides is 1. The second-order valence-corrected chi connectivity index (χ2v) is 9.00. The number of hydrogen-bond donors (Lipinski definition) is 2. The highest BCUT2D eigenvalue weighted by molar-refractivity contribution is 6.31. The number of para-hydroxylation sites is 1. The van der Waals surface area contributed by atoms with Crippen LogP contribution < -0.4 is 10.2 Å². The van der Waals surface area contributed by atoms with Gasteiger partial charge in [0.25, 0.3) is 0 Å². The summed E-state index contributed by atoms with van der Waals surface area (Å²) in [5, 5.41) is 15.1. The zero-order valence-electron chi connectivity index (χ0n) is 18.5. The Morgan fingerprint density at radius 2 is 1.78 bits per heavy atom. The van der Waals surface area contributed by atoms with Crippen LogP contribution in [0.15, 0.2) is 54.6 Å². The van der Waals surface area contributed by atoms with Gasteiger partial charge in [-0.05, 0) is 43.4 Å². The summed E-state index contributed by atoms with van der Waals surface area (Å²) in [6.07, 6.45) is 2.50. The van der Waals surface area contributed by atoms with Crippen molar-refractivity contribution >= 4 is 40.1 Å². The topological polar surface area (TPSA) is 68.7 Å². The van der Waals surface area contributed by atoms with Gasteiger partial charge in [-0.25, -0.2) is 9.78 Å². The van der Waals surface area contributed by atoms with E-state index in [-0.39, 0.29) is 12.1 Å². The predicted molar refractivity (Wildman–Crippen MR) is 131 cm³/mol. The molecule has 1 aromatic heterocycles. The molecule has 7 heteroatoms. The van der Waals surface area contributed by atoms with E-state index in [1.165, 1.54) is 4.90 Å². The molecule has 1 amide bonds. The van der Waals surface area contributed by atoms with Crippen molar-refractivity contribution in [3.8, 4) is 0 Å². The second kappa shape index (κ2) is 9.65. The van der Waals surface area contributed by atoms with Crippen LogP contribution in [0, 0.1) is 0 Å². The molecule has 4 rings (SSSR count). The SMILES string of the molecule is CN(C)c1cc(N[C@H]2CC[C@@H](N(Cc3ccccc3Cl)C(=O)O)CC2)nc2ccccc12. The lowest BCUT2D eigenvalue weighted by molar-refractivity contribution is 0.105. The summed E-state index contributed by atoms with van der Waals surface area (Å²) >= 11 is 6.26. The van der Waals surface area contributed by atoms with Crippen LogP contribution in [0.5, 0.6) is 0 Å². The highest BCUT2D eigenvalue weighted by atomic mass is 35.5. The fourth-order valence-corrected chi connectivity index (χ4v) is 4.70. The molecule has 0 aliphatic heterocycles. The Balaban J connectivity index is 1.43. The summed E-state index contributed by atoms with van der Waals surface area (Å²) in [6, 6.07) is 17.9. The molecule has 168 valence electrons. The summed E-state index contributed by atoms with van der Waals surface area (Å²) in [6.45, 7) is 0.316. The number of carboxylic acid groups (broad SMARTS) is 1. The average Bonchev–Trinajstić information content (AvgIpc) is 2.78. The largest absolute Gasteiger partial charge is 0.465 e. The molecule has 2 N–H and O–H groups in total. The van der Waals surface area contributed by atoms with E-state index >= 15 is 0 Å². The van der Waals surface area contributed by atoms with Crippen LogP contribution >= 0.6 is 11.6 Å². The van der Waals surface area contributed by atoms with E-state index < -0.39 is 6.09 Å². The third kappa shape index (κ3) is 4.91. The van der Waals surface area contributed by atoms with E-state index in [2.05, 4.69) is 22.3 Å². The van der Waals surface area contributed by atoms with Gasteiger partial charge in [0.05, 0.1) is 12.1 Å². The maximum absolute atomic E-state index is 12.0. The van der Waals surface area contributed by atoms with Crippen molar-refractivity contribution < 1.29 is 9.90 Å². The molecule has 1 heterocycles. The number of anilines is 2. The number of benzene rings is 2. The minimum absolute atomic E-state index is 0.0104. The lowest BCUT2D eigenvalue weighted by Gasteiger charge is -2.36. The number of nitrogens with zero attached hydrogens (tertiary/aromatic N) is 3. The van der Waals surface area contributed by atoms with E-state index in [1.807, 2.05) is 50.5 Å². The molecule has 0 radical (unpaired) electrons. The number of hydrogen-bond acceptors (Lipinski definition) is 4. The van der Waals surface area contributed by atoms with E-state index in [0.29, 0.717) is 11.6 Å². The maximum atomic E-state index is 12.0. The first-order valence-corrected chi connectivity index (χ1v) is 11.4. The van der Waals surface area contributed by atoms with E-state index in [4.69, 9.17) is 16.6 Å². The van der Waals surface area contributed by atoms with Crippen LogP contribution in [0.1, 0.15) is 31.2 Å². The van der Waals surface area contributed by atoms with Crippen LogP contribution in [0.2, 0.25) is 5.02 Å². The number of fused-ring (bicyclic) bond motifs is 1.